The van der Waals surface area contributed by atoms with Crippen molar-refractivity contribution in [1.82, 2.24) is 0 Å². The standard InChI is InChI=1S/C26H46O3/c1-4-5-16-19-24-22(2)23(3)25(29-24)20-17-14-12-10-8-6-7-9-11-13-15-18-21-26(27)28/h4-21H2,1-3H3,(H,27,28). The van der Waals surface area contributed by atoms with Crippen molar-refractivity contribution >= 4 is 5.97 Å². The fourth-order valence-electron chi connectivity index (χ4n) is 4.06. The summed E-state index contributed by atoms with van der Waals surface area (Å²) in [7, 11) is 0. The number of carboxylic acid groups (broad SMARTS) is 1. The topological polar surface area (TPSA) is 50.4 Å². The van der Waals surface area contributed by atoms with Gasteiger partial charge in [-0.1, -0.05) is 84.0 Å². The largest absolute Gasteiger partial charge is 0.481 e. The monoisotopic (exact) mass is 406 g/mol. The predicted octanol–water partition coefficient (Wildman–Crippen LogP) is 8.33. The highest BCUT2D eigenvalue weighted by Crippen LogP contribution is 2.25. The zero-order valence-electron chi connectivity index (χ0n) is 19.5. The van der Waals surface area contributed by atoms with Gasteiger partial charge in [-0.2, -0.15) is 0 Å². The lowest BCUT2D eigenvalue weighted by Crippen LogP contribution is -1.93. The second-order valence-electron chi connectivity index (χ2n) is 8.79. The molecule has 0 atom stereocenters. The highest BCUT2D eigenvalue weighted by atomic mass is 16.4. The van der Waals surface area contributed by atoms with E-state index in [9.17, 15) is 4.79 Å². The van der Waals surface area contributed by atoms with E-state index in [0.29, 0.717) is 6.42 Å². The van der Waals surface area contributed by atoms with Crippen molar-refractivity contribution in [1.29, 1.82) is 0 Å². The third-order valence-corrected chi connectivity index (χ3v) is 6.20. The van der Waals surface area contributed by atoms with Crippen LogP contribution in [-0.4, -0.2) is 11.1 Å². The molecule has 0 aliphatic heterocycles. The Morgan fingerprint density at radius 3 is 1.45 bits per heavy atom. The fraction of sp³-hybridized carbons (Fsp3) is 0.808. The average Bonchev–Trinajstić information content (AvgIpc) is 2.96. The van der Waals surface area contributed by atoms with Crippen molar-refractivity contribution in [3.8, 4) is 0 Å². The van der Waals surface area contributed by atoms with Gasteiger partial charge in [-0.05, 0) is 44.2 Å². The summed E-state index contributed by atoms with van der Waals surface area (Å²) in [5, 5.41) is 8.60. The molecule has 0 aromatic carbocycles. The van der Waals surface area contributed by atoms with Crippen LogP contribution in [0.5, 0.6) is 0 Å². The molecule has 3 nitrogen and oxygen atoms in total. The van der Waals surface area contributed by atoms with Gasteiger partial charge >= 0.3 is 5.97 Å². The second-order valence-corrected chi connectivity index (χ2v) is 8.79. The Kier molecular flexibility index (Phi) is 14.7. The first-order valence-electron chi connectivity index (χ1n) is 12.4. The molecule has 168 valence electrons. The normalized spacial score (nSPS) is 11.3. The summed E-state index contributed by atoms with van der Waals surface area (Å²) in [4.78, 5) is 10.4. The van der Waals surface area contributed by atoms with E-state index in [-0.39, 0.29) is 0 Å². The molecule has 1 heterocycles. The van der Waals surface area contributed by atoms with Gasteiger partial charge in [0.15, 0.2) is 0 Å². The highest BCUT2D eigenvalue weighted by Gasteiger charge is 2.12. The molecule has 0 fully saturated rings. The Morgan fingerprint density at radius 2 is 1.03 bits per heavy atom. The number of hydrogen-bond donors (Lipinski definition) is 1. The van der Waals surface area contributed by atoms with E-state index in [0.717, 1.165) is 25.7 Å². The highest BCUT2D eigenvalue weighted by molar-refractivity contribution is 5.66. The second kappa shape index (κ2) is 16.5. The molecule has 0 saturated carbocycles. The molecule has 0 unspecified atom stereocenters. The first-order valence-corrected chi connectivity index (χ1v) is 12.4. The Balaban J connectivity index is 1.97. The maximum absolute atomic E-state index is 10.4. The summed E-state index contributed by atoms with van der Waals surface area (Å²) in [5.74, 6) is 1.80. The molecule has 0 spiro atoms. The number of unbranched alkanes of at least 4 members (excludes halogenated alkanes) is 13. The quantitative estimate of drug-likeness (QED) is 0.235. The maximum Gasteiger partial charge on any atom is 0.303 e. The minimum absolute atomic E-state index is 0.333. The molecule has 0 amide bonds. The van der Waals surface area contributed by atoms with Crippen LogP contribution in [0.25, 0.3) is 0 Å². The van der Waals surface area contributed by atoms with Gasteiger partial charge in [0.05, 0.1) is 0 Å². The van der Waals surface area contributed by atoms with Crippen LogP contribution >= 0.6 is 0 Å². The van der Waals surface area contributed by atoms with Crippen LogP contribution in [0.3, 0.4) is 0 Å². The minimum atomic E-state index is -0.661. The number of aryl methyl sites for hydroxylation is 2. The molecule has 1 rings (SSSR count). The lowest BCUT2D eigenvalue weighted by atomic mass is 10.0. The summed E-state index contributed by atoms with van der Waals surface area (Å²) < 4.78 is 6.18. The summed E-state index contributed by atoms with van der Waals surface area (Å²) in [6.07, 6.45) is 21.3. The number of rotatable bonds is 19. The van der Waals surface area contributed by atoms with E-state index in [1.807, 2.05) is 0 Å². The SMILES string of the molecule is CCCCCc1oc(CCCCCCCCCCCCCCC(=O)O)c(C)c1C. The molecule has 0 radical (unpaired) electrons. The summed E-state index contributed by atoms with van der Waals surface area (Å²) in [6, 6.07) is 0. The van der Waals surface area contributed by atoms with Gasteiger partial charge in [-0.3, -0.25) is 4.79 Å². The number of carboxylic acids is 1. The van der Waals surface area contributed by atoms with Gasteiger partial charge < -0.3 is 9.52 Å². The Morgan fingerprint density at radius 1 is 0.655 bits per heavy atom. The van der Waals surface area contributed by atoms with E-state index in [1.54, 1.807) is 0 Å². The molecule has 1 aromatic rings. The zero-order valence-corrected chi connectivity index (χ0v) is 19.5. The zero-order chi connectivity index (χ0) is 21.3. The van der Waals surface area contributed by atoms with Crippen molar-refractivity contribution < 1.29 is 14.3 Å². The van der Waals surface area contributed by atoms with Crippen molar-refractivity contribution in [2.75, 3.05) is 0 Å². The van der Waals surface area contributed by atoms with E-state index >= 15 is 0 Å². The van der Waals surface area contributed by atoms with Gasteiger partial charge in [0.25, 0.3) is 0 Å². The van der Waals surface area contributed by atoms with Crippen molar-refractivity contribution in [2.24, 2.45) is 0 Å². The van der Waals surface area contributed by atoms with Crippen LogP contribution in [0.1, 0.15) is 132 Å². The van der Waals surface area contributed by atoms with Crippen molar-refractivity contribution in [2.45, 2.75) is 136 Å². The summed E-state index contributed by atoms with van der Waals surface area (Å²) >= 11 is 0. The van der Waals surface area contributed by atoms with Crippen molar-refractivity contribution in [3.63, 3.8) is 0 Å². The molecule has 0 bridgehead atoms. The predicted molar refractivity (Wildman–Crippen MR) is 123 cm³/mol. The molecule has 29 heavy (non-hydrogen) atoms. The molecular formula is C26H46O3. The van der Waals surface area contributed by atoms with Crippen LogP contribution in [-0.2, 0) is 17.6 Å². The minimum Gasteiger partial charge on any atom is -0.481 e. The van der Waals surface area contributed by atoms with Crippen LogP contribution < -0.4 is 0 Å². The smallest absolute Gasteiger partial charge is 0.303 e. The Labute approximate surface area is 179 Å². The maximum atomic E-state index is 10.4. The van der Waals surface area contributed by atoms with Crippen LogP contribution in [0.4, 0.5) is 0 Å². The molecule has 0 aliphatic rings. The number of aliphatic carboxylic acids is 1. The van der Waals surface area contributed by atoms with Gasteiger partial charge in [0.1, 0.15) is 11.5 Å². The van der Waals surface area contributed by atoms with Crippen LogP contribution in [0.15, 0.2) is 4.42 Å². The van der Waals surface area contributed by atoms with Gasteiger partial charge in [-0.15, -0.1) is 0 Å². The fourth-order valence-corrected chi connectivity index (χ4v) is 4.06. The lowest BCUT2D eigenvalue weighted by molar-refractivity contribution is -0.137. The van der Waals surface area contributed by atoms with Crippen LogP contribution in [0.2, 0.25) is 0 Å². The van der Waals surface area contributed by atoms with Gasteiger partial charge in [0.2, 0.25) is 0 Å². The van der Waals surface area contributed by atoms with E-state index in [1.165, 1.54) is 106 Å². The Hall–Kier alpha value is -1.25. The third kappa shape index (κ3) is 12.1. The lowest BCUT2D eigenvalue weighted by Gasteiger charge is -2.03. The molecule has 1 N–H and O–H groups in total. The van der Waals surface area contributed by atoms with E-state index < -0.39 is 5.97 Å². The number of carbonyl (C=O) groups is 1. The van der Waals surface area contributed by atoms with Gasteiger partial charge in [-0.25, -0.2) is 0 Å². The summed E-state index contributed by atoms with van der Waals surface area (Å²) in [5.41, 5.74) is 2.78. The van der Waals surface area contributed by atoms with Gasteiger partial charge in [0, 0.05) is 19.3 Å². The molecular weight excluding hydrogens is 360 g/mol. The molecule has 3 heteroatoms. The third-order valence-electron chi connectivity index (χ3n) is 6.20. The Bertz CT molecular complexity index is 544. The van der Waals surface area contributed by atoms with E-state index in [4.69, 9.17) is 9.52 Å². The first kappa shape index (κ1) is 25.8. The molecule has 0 saturated heterocycles. The van der Waals surface area contributed by atoms with Crippen molar-refractivity contribution in [3.05, 3.63) is 22.6 Å². The molecule has 0 aliphatic carbocycles. The van der Waals surface area contributed by atoms with E-state index in [2.05, 4.69) is 20.8 Å². The number of furan rings is 1. The number of hydrogen-bond acceptors (Lipinski definition) is 2. The average molecular weight is 407 g/mol. The van der Waals surface area contributed by atoms with Crippen LogP contribution in [0, 0.1) is 13.8 Å². The first-order chi connectivity index (χ1) is 14.1. The summed E-state index contributed by atoms with van der Waals surface area (Å²) in [6.45, 7) is 6.70. The molecule has 1 aromatic heterocycles.